The largest absolute Gasteiger partial charge is 0.504 e. The van der Waals surface area contributed by atoms with E-state index < -0.39 is 0 Å². The molecule has 2 rings (SSSR count). The molecule has 0 spiro atoms. The second-order valence-electron chi connectivity index (χ2n) is 3.77. The first-order valence-corrected chi connectivity index (χ1v) is 5.64. The molecule has 4 nitrogen and oxygen atoms in total. The van der Waals surface area contributed by atoms with Gasteiger partial charge in [0.25, 0.3) is 0 Å². The van der Waals surface area contributed by atoms with E-state index in [1.54, 1.807) is 30.3 Å². The summed E-state index contributed by atoms with van der Waals surface area (Å²) in [7, 11) is 0. The Morgan fingerprint density at radius 1 is 0.789 bits per heavy atom. The number of aromatic hydroxyl groups is 4. The van der Waals surface area contributed by atoms with Crippen molar-refractivity contribution in [2.45, 2.75) is 6.42 Å². The average molecular weight is 260 g/mol. The van der Waals surface area contributed by atoms with E-state index in [1.165, 1.54) is 18.2 Å². The van der Waals surface area contributed by atoms with Crippen LogP contribution < -0.4 is 0 Å². The van der Waals surface area contributed by atoms with Crippen molar-refractivity contribution in [3.63, 3.8) is 0 Å². The molecular formula is C15H16O4. The predicted octanol–water partition coefficient (Wildman–Crippen LogP) is 2.92. The van der Waals surface area contributed by atoms with Gasteiger partial charge in [0.15, 0.2) is 23.0 Å². The quantitative estimate of drug-likeness (QED) is 0.494. The first-order chi connectivity index (χ1) is 9.06. The SMILES string of the molecule is C=CCc1cccc(O)c1O.Oc1ccccc1O. The van der Waals surface area contributed by atoms with Crippen molar-refractivity contribution in [2.75, 3.05) is 0 Å². The number of para-hydroxylation sites is 3. The molecule has 0 aliphatic carbocycles. The Hall–Kier alpha value is -2.62. The monoisotopic (exact) mass is 260 g/mol. The lowest BCUT2D eigenvalue weighted by Gasteiger charge is -2.01. The van der Waals surface area contributed by atoms with Crippen LogP contribution in [0.1, 0.15) is 5.56 Å². The highest BCUT2D eigenvalue weighted by atomic mass is 16.3. The molecular weight excluding hydrogens is 244 g/mol. The topological polar surface area (TPSA) is 80.9 Å². The van der Waals surface area contributed by atoms with E-state index in [2.05, 4.69) is 6.58 Å². The van der Waals surface area contributed by atoms with Gasteiger partial charge in [-0.2, -0.15) is 0 Å². The summed E-state index contributed by atoms with van der Waals surface area (Å²) in [6.45, 7) is 3.53. The number of benzene rings is 2. The summed E-state index contributed by atoms with van der Waals surface area (Å²) in [5.41, 5.74) is 0.694. The van der Waals surface area contributed by atoms with Crippen molar-refractivity contribution in [1.29, 1.82) is 0 Å². The van der Waals surface area contributed by atoms with Crippen LogP contribution in [0.5, 0.6) is 23.0 Å². The van der Waals surface area contributed by atoms with Crippen molar-refractivity contribution in [1.82, 2.24) is 0 Å². The fraction of sp³-hybridized carbons (Fsp3) is 0.0667. The van der Waals surface area contributed by atoms with Crippen LogP contribution in [-0.4, -0.2) is 20.4 Å². The molecule has 100 valence electrons. The molecule has 19 heavy (non-hydrogen) atoms. The van der Waals surface area contributed by atoms with Gasteiger partial charge < -0.3 is 20.4 Å². The molecule has 2 aromatic rings. The second kappa shape index (κ2) is 6.96. The van der Waals surface area contributed by atoms with E-state index in [9.17, 15) is 5.11 Å². The van der Waals surface area contributed by atoms with E-state index in [0.717, 1.165) is 0 Å². The zero-order chi connectivity index (χ0) is 14.3. The van der Waals surface area contributed by atoms with E-state index >= 15 is 0 Å². The van der Waals surface area contributed by atoms with Crippen molar-refractivity contribution in [3.8, 4) is 23.0 Å². The Balaban J connectivity index is 0.000000200. The van der Waals surface area contributed by atoms with Crippen molar-refractivity contribution in [3.05, 3.63) is 60.7 Å². The van der Waals surface area contributed by atoms with Gasteiger partial charge in [-0.1, -0.05) is 30.3 Å². The lowest BCUT2D eigenvalue weighted by atomic mass is 10.1. The fourth-order valence-corrected chi connectivity index (χ4v) is 1.36. The molecule has 0 aliphatic rings. The summed E-state index contributed by atoms with van der Waals surface area (Å²) in [6.07, 6.45) is 2.24. The van der Waals surface area contributed by atoms with E-state index in [0.29, 0.717) is 12.0 Å². The van der Waals surface area contributed by atoms with Crippen LogP contribution in [-0.2, 0) is 6.42 Å². The Morgan fingerprint density at radius 3 is 1.79 bits per heavy atom. The normalized spacial score (nSPS) is 9.26. The van der Waals surface area contributed by atoms with Crippen LogP contribution in [0.4, 0.5) is 0 Å². The van der Waals surface area contributed by atoms with Gasteiger partial charge in [0.1, 0.15) is 0 Å². The first kappa shape index (κ1) is 14.4. The maximum Gasteiger partial charge on any atom is 0.160 e. The molecule has 0 amide bonds. The molecule has 0 radical (unpaired) electrons. The third kappa shape index (κ3) is 4.27. The molecule has 0 unspecified atom stereocenters. The lowest BCUT2D eigenvalue weighted by molar-refractivity contribution is 0.400. The van der Waals surface area contributed by atoms with Crippen LogP contribution in [0, 0.1) is 0 Å². The number of phenolic OH excluding ortho intramolecular Hbond substituents is 4. The smallest absolute Gasteiger partial charge is 0.160 e. The molecule has 4 N–H and O–H groups in total. The Morgan fingerprint density at radius 2 is 1.32 bits per heavy atom. The molecule has 0 heterocycles. The summed E-state index contributed by atoms with van der Waals surface area (Å²) in [5, 5.41) is 35.6. The highest BCUT2D eigenvalue weighted by Crippen LogP contribution is 2.28. The van der Waals surface area contributed by atoms with Gasteiger partial charge >= 0.3 is 0 Å². The number of rotatable bonds is 2. The lowest BCUT2D eigenvalue weighted by Crippen LogP contribution is -1.81. The van der Waals surface area contributed by atoms with Gasteiger partial charge in [-0.25, -0.2) is 0 Å². The predicted molar refractivity (Wildman–Crippen MR) is 73.4 cm³/mol. The minimum Gasteiger partial charge on any atom is -0.504 e. The third-order valence-electron chi connectivity index (χ3n) is 2.34. The molecule has 2 aromatic carbocycles. The standard InChI is InChI=1S/C9H10O2.C6H6O2/c1-2-4-7-5-3-6-8(10)9(7)11;7-5-3-1-2-4-6(5)8/h2-3,5-6,10-11H,1,4H2;1-4,7-8H. The van der Waals surface area contributed by atoms with Gasteiger partial charge in [0, 0.05) is 5.56 Å². The van der Waals surface area contributed by atoms with E-state index in [-0.39, 0.29) is 23.0 Å². The molecule has 0 aliphatic heterocycles. The van der Waals surface area contributed by atoms with Crippen molar-refractivity contribution < 1.29 is 20.4 Å². The summed E-state index contributed by atoms with van der Waals surface area (Å²) >= 11 is 0. The Labute approximate surface area is 111 Å². The van der Waals surface area contributed by atoms with Crippen LogP contribution in [0.25, 0.3) is 0 Å². The van der Waals surface area contributed by atoms with Crippen LogP contribution in [0.15, 0.2) is 55.1 Å². The van der Waals surface area contributed by atoms with Crippen LogP contribution >= 0.6 is 0 Å². The fourth-order valence-electron chi connectivity index (χ4n) is 1.36. The zero-order valence-electron chi connectivity index (χ0n) is 10.3. The number of phenols is 4. The van der Waals surface area contributed by atoms with Crippen LogP contribution in [0.3, 0.4) is 0 Å². The minimum atomic E-state index is -0.0793. The van der Waals surface area contributed by atoms with Gasteiger partial charge in [-0.3, -0.25) is 0 Å². The summed E-state index contributed by atoms with van der Waals surface area (Å²) in [4.78, 5) is 0. The molecule has 0 bridgehead atoms. The van der Waals surface area contributed by atoms with Gasteiger partial charge in [-0.15, -0.1) is 6.58 Å². The van der Waals surface area contributed by atoms with E-state index in [4.69, 9.17) is 15.3 Å². The molecule has 0 atom stereocenters. The second-order valence-corrected chi connectivity index (χ2v) is 3.77. The molecule has 0 fully saturated rings. The third-order valence-corrected chi connectivity index (χ3v) is 2.34. The zero-order valence-corrected chi connectivity index (χ0v) is 10.3. The molecule has 0 saturated heterocycles. The maximum atomic E-state index is 9.23. The highest BCUT2D eigenvalue weighted by Gasteiger charge is 2.02. The summed E-state index contributed by atoms with van der Waals surface area (Å²) < 4.78 is 0. The number of allylic oxidation sites excluding steroid dienone is 1. The van der Waals surface area contributed by atoms with Gasteiger partial charge in [0.05, 0.1) is 0 Å². The minimum absolute atomic E-state index is 0.0487. The number of hydrogen-bond acceptors (Lipinski definition) is 4. The molecule has 0 aromatic heterocycles. The number of hydrogen-bond donors (Lipinski definition) is 4. The van der Waals surface area contributed by atoms with Gasteiger partial charge in [-0.05, 0) is 24.6 Å². The Bertz CT molecular complexity index is 529. The van der Waals surface area contributed by atoms with Gasteiger partial charge in [0.2, 0.25) is 0 Å². The van der Waals surface area contributed by atoms with Crippen molar-refractivity contribution >= 4 is 0 Å². The maximum absolute atomic E-state index is 9.23. The van der Waals surface area contributed by atoms with Crippen LogP contribution in [0.2, 0.25) is 0 Å². The summed E-state index contributed by atoms with van der Waals surface area (Å²) in [6, 6.07) is 11.0. The first-order valence-electron chi connectivity index (χ1n) is 5.64. The van der Waals surface area contributed by atoms with E-state index in [1.807, 2.05) is 0 Å². The van der Waals surface area contributed by atoms with Crippen molar-refractivity contribution in [2.24, 2.45) is 0 Å². The molecule has 0 saturated carbocycles. The average Bonchev–Trinajstić information content (AvgIpc) is 2.40. The highest BCUT2D eigenvalue weighted by molar-refractivity contribution is 5.44. The Kier molecular flexibility index (Phi) is 5.29. The molecule has 4 heteroatoms. The summed E-state index contributed by atoms with van der Waals surface area (Å²) in [5.74, 6) is -0.281.